The summed E-state index contributed by atoms with van der Waals surface area (Å²) in [5, 5.41) is 4.63. The topological polar surface area (TPSA) is 58.0 Å². The standard InChI is InChI=1S/C19H16F2N4O/c1-25(2)10-11-6-13-14(8-23-19(13)22-7-11)18-15(9-24-26-18)12-4-3-5-16(20)17(12)21/h3-9H,10H2,1-2H3,(H,22,23). The Morgan fingerprint density at radius 1 is 1.12 bits per heavy atom. The first-order chi connectivity index (χ1) is 12.5. The zero-order chi connectivity index (χ0) is 18.3. The smallest absolute Gasteiger partial charge is 0.176 e. The first-order valence-corrected chi connectivity index (χ1v) is 8.04. The molecule has 7 heteroatoms. The van der Waals surface area contributed by atoms with Gasteiger partial charge in [0.1, 0.15) is 5.65 Å². The number of rotatable bonds is 4. The third-order valence-electron chi connectivity index (χ3n) is 4.14. The maximum Gasteiger partial charge on any atom is 0.176 e. The maximum atomic E-state index is 14.2. The van der Waals surface area contributed by atoms with E-state index in [4.69, 9.17) is 4.52 Å². The number of H-pyrrole nitrogens is 1. The number of halogens is 2. The lowest BCUT2D eigenvalue weighted by Crippen LogP contribution is -2.10. The fourth-order valence-corrected chi connectivity index (χ4v) is 3.02. The van der Waals surface area contributed by atoms with E-state index in [1.54, 1.807) is 12.4 Å². The first-order valence-electron chi connectivity index (χ1n) is 8.04. The summed E-state index contributed by atoms with van der Waals surface area (Å²) in [5.41, 5.74) is 2.91. The molecule has 132 valence electrons. The van der Waals surface area contributed by atoms with Crippen molar-refractivity contribution in [3.8, 4) is 22.5 Å². The molecule has 0 radical (unpaired) electrons. The van der Waals surface area contributed by atoms with Crippen LogP contribution in [0.25, 0.3) is 33.5 Å². The second-order valence-corrected chi connectivity index (χ2v) is 6.35. The van der Waals surface area contributed by atoms with Gasteiger partial charge in [-0.25, -0.2) is 13.8 Å². The summed E-state index contributed by atoms with van der Waals surface area (Å²) >= 11 is 0. The zero-order valence-electron chi connectivity index (χ0n) is 14.3. The molecule has 0 amide bonds. The third kappa shape index (κ3) is 2.76. The fraction of sp³-hybridized carbons (Fsp3) is 0.158. The van der Waals surface area contributed by atoms with Crippen LogP contribution < -0.4 is 0 Å². The van der Waals surface area contributed by atoms with Gasteiger partial charge in [-0.1, -0.05) is 17.3 Å². The second kappa shape index (κ2) is 6.34. The quantitative estimate of drug-likeness (QED) is 0.596. The lowest BCUT2D eigenvalue weighted by atomic mass is 10.0. The normalized spacial score (nSPS) is 11.6. The highest BCUT2D eigenvalue weighted by molar-refractivity contribution is 5.96. The van der Waals surface area contributed by atoms with Gasteiger partial charge < -0.3 is 14.4 Å². The molecule has 3 heterocycles. The first kappa shape index (κ1) is 16.4. The Bertz CT molecular complexity index is 1080. The summed E-state index contributed by atoms with van der Waals surface area (Å²) in [4.78, 5) is 9.54. The molecule has 5 nitrogen and oxygen atoms in total. The molecule has 0 unspecified atom stereocenters. The van der Waals surface area contributed by atoms with Gasteiger partial charge >= 0.3 is 0 Å². The zero-order valence-corrected chi connectivity index (χ0v) is 14.3. The summed E-state index contributed by atoms with van der Waals surface area (Å²) in [6.07, 6.45) is 4.93. The van der Waals surface area contributed by atoms with E-state index in [1.807, 2.05) is 25.1 Å². The second-order valence-electron chi connectivity index (χ2n) is 6.35. The van der Waals surface area contributed by atoms with Crippen molar-refractivity contribution < 1.29 is 13.3 Å². The highest BCUT2D eigenvalue weighted by Gasteiger charge is 2.20. The molecule has 0 saturated heterocycles. The summed E-state index contributed by atoms with van der Waals surface area (Å²) in [7, 11) is 3.95. The molecule has 0 spiro atoms. The molecule has 4 rings (SSSR count). The molecular formula is C19H16F2N4O. The number of aromatic nitrogens is 3. The van der Waals surface area contributed by atoms with Crippen LogP contribution in [0, 0.1) is 11.6 Å². The Hall–Kier alpha value is -3.06. The van der Waals surface area contributed by atoms with Crippen LogP contribution in [0.15, 0.2) is 47.4 Å². The minimum atomic E-state index is -0.928. The Morgan fingerprint density at radius 3 is 2.77 bits per heavy atom. The minimum absolute atomic E-state index is 0.105. The van der Waals surface area contributed by atoms with Gasteiger partial charge in [0.2, 0.25) is 0 Å². The number of nitrogens with zero attached hydrogens (tertiary/aromatic N) is 3. The van der Waals surface area contributed by atoms with Gasteiger partial charge in [-0.2, -0.15) is 0 Å². The van der Waals surface area contributed by atoms with Crippen LogP contribution in [-0.4, -0.2) is 34.1 Å². The van der Waals surface area contributed by atoms with Crippen molar-refractivity contribution in [2.45, 2.75) is 6.54 Å². The summed E-state index contributed by atoms with van der Waals surface area (Å²) in [5.74, 6) is -1.48. The van der Waals surface area contributed by atoms with Gasteiger partial charge in [-0.3, -0.25) is 0 Å². The number of pyridine rings is 1. The fourth-order valence-electron chi connectivity index (χ4n) is 3.02. The molecular weight excluding hydrogens is 338 g/mol. The van der Waals surface area contributed by atoms with Crippen LogP contribution >= 0.6 is 0 Å². The molecule has 3 aromatic heterocycles. The van der Waals surface area contributed by atoms with Crippen molar-refractivity contribution >= 4 is 11.0 Å². The van der Waals surface area contributed by atoms with E-state index >= 15 is 0 Å². The predicted octanol–water partition coefficient (Wildman–Crippen LogP) is 4.22. The molecule has 0 aliphatic carbocycles. The SMILES string of the molecule is CN(C)Cc1cnc2[nH]cc(-c3oncc3-c3cccc(F)c3F)c2c1. The van der Waals surface area contributed by atoms with Crippen molar-refractivity contribution in [1.29, 1.82) is 0 Å². The Morgan fingerprint density at radius 2 is 1.96 bits per heavy atom. The van der Waals surface area contributed by atoms with E-state index in [-0.39, 0.29) is 5.56 Å². The molecule has 0 aliphatic heterocycles. The van der Waals surface area contributed by atoms with E-state index in [0.29, 0.717) is 22.5 Å². The van der Waals surface area contributed by atoms with Gasteiger partial charge in [0, 0.05) is 35.5 Å². The lowest BCUT2D eigenvalue weighted by Gasteiger charge is -2.09. The van der Waals surface area contributed by atoms with Gasteiger partial charge in [-0.15, -0.1) is 0 Å². The average Bonchev–Trinajstić information content (AvgIpc) is 3.22. The Balaban J connectivity index is 1.87. The average molecular weight is 354 g/mol. The lowest BCUT2D eigenvalue weighted by molar-refractivity contribution is 0.402. The van der Waals surface area contributed by atoms with Gasteiger partial charge in [0.15, 0.2) is 17.4 Å². The molecule has 1 N–H and O–H groups in total. The Kier molecular flexibility index (Phi) is 4.00. The van der Waals surface area contributed by atoms with Crippen molar-refractivity contribution in [1.82, 2.24) is 20.0 Å². The third-order valence-corrected chi connectivity index (χ3v) is 4.14. The molecule has 4 aromatic rings. The van der Waals surface area contributed by atoms with E-state index in [1.165, 1.54) is 18.3 Å². The molecule has 1 aromatic carbocycles. The van der Waals surface area contributed by atoms with Crippen LogP contribution in [-0.2, 0) is 6.54 Å². The van der Waals surface area contributed by atoms with Crippen LogP contribution in [0.4, 0.5) is 8.78 Å². The van der Waals surface area contributed by atoms with Crippen molar-refractivity contribution in [3.05, 3.63) is 60.1 Å². The van der Waals surface area contributed by atoms with Crippen LogP contribution in [0.5, 0.6) is 0 Å². The van der Waals surface area contributed by atoms with Crippen LogP contribution in [0.1, 0.15) is 5.56 Å². The van der Waals surface area contributed by atoms with Gasteiger partial charge in [0.05, 0.1) is 11.8 Å². The molecule has 0 aliphatic rings. The van der Waals surface area contributed by atoms with Crippen molar-refractivity contribution in [3.63, 3.8) is 0 Å². The highest BCUT2D eigenvalue weighted by Crippen LogP contribution is 2.37. The van der Waals surface area contributed by atoms with E-state index in [2.05, 4.69) is 15.1 Å². The number of fused-ring (bicyclic) bond motifs is 1. The van der Waals surface area contributed by atoms with E-state index in [9.17, 15) is 8.78 Å². The van der Waals surface area contributed by atoms with Crippen LogP contribution in [0.2, 0.25) is 0 Å². The van der Waals surface area contributed by atoms with Gasteiger partial charge in [0.25, 0.3) is 0 Å². The molecule has 0 atom stereocenters. The molecule has 0 bridgehead atoms. The summed E-state index contributed by atoms with van der Waals surface area (Å²) in [6, 6.07) is 6.03. The van der Waals surface area contributed by atoms with Crippen molar-refractivity contribution in [2.75, 3.05) is 14.1 Å². The predicted molar refractivity (Wildman–Crippen MR) is 94.3 cm³/mol. The molecule has 0 saturated carbocycles. The monoisotopic (exact) mass is 354 g/mol. The number of hydrogen-bond acceptors (Lipinski definition) is 4. The number of nitrogens with one attached hydrogen (secondary N) is 1. The summed E-state index contributed by atoms with van der Waals surface area (Å²) < 4.78 is 33.3. The number of aromatic amines is 1. The number of benzene rings is 1. The minimum Gasteiger partial charge on any atom is -0.356 e. The van der Waals surface area contributed by atoms with Crippen molar-refractivity contribution in [2.24, 2.45) is 0 Å². The number of hydrogen-bond donors (Lipinski definition) is 1. The Labute approximate surface area is 148 Å². The molecule has 0 fully saturated rings. The van der Waals surface area contributed by atoms with E-state index < -0.39 is 11.6 Å². The highest BCUT2D eigenvalue weighted by atomic mass is 19.2. The van der Waals surface area contributed by atoms with Gasteiger partial charge in [-0.05, 0) is 31.8 Å². The summed E-state index contributed by atoms with van der Waals surface area (Å²) in [6.45, 7) is 0.731. The van der Waals surface area contributed by atoms with Crippen LogP contribution in [0.3, 0.4) is 0 Å². The largest absolute Gasteiger partial charge is 0.356 e. The molecule has 26 heavy (non-hydrogen) atoms. The van der Waals surface area contributed by atoms with E-state index in [0.717, 1.165) is 23.6 Å². The maximum absolute atomic E-state index is 14.2.